The summed E-state index contributed by atoms with van der Waals surface area (Å²) in [5, 5.41) is 5.04. The van der Waals surface area contributed by atoms with E-state index in [1.54, 1.807) is 11.7 Å². The molecule has 124 valence electrons. The van der Waals surface area contributed by atoms with Gasteiger partial charge in [-0.05, 0) is 45.4 Å². The summed E-state index contributed by atoms with van der Waals surface area (Å²) >= 11 is 0. The third-order valence-electron chi connectivity index (χ3n) is 4.21. The SMILES string of the molecule is Cn1nc(C2=CCCN2C(C)(C)C)c2cc(C(F)(F)F)ccc21. The molecule has 0 spiro atoms. The minimum atomic E-state index is -4.35. The van der Waals surface area contributed by atoms with E-state index in [9.17, 15) is 13.2 Å². The molecule has 0 bridgehead atoms. The predicted octanol–water partition coefficient (Wildman–Crippen LogP) is 4.44. The summed E-state index contributed by atoms with van der Waals surface area (Å²) in [6.07, 6.45) is -1.41. The number of alkyl halides is 3. The maximum absolute atomic E-state index is 13.0. The number of nitrogens with zero attached hydrogens (tertiary/aromatic N) is 3. The van der Waals surface area contributed by atoms with Gasteiger partial charge >= 0.3 is 6.18 Å². The number of fused-ring (bicyclic) bond motifs is 1. The van der Waals surface area contributed by atoms with E-state index < -0.39 is 11.7 Å². The molecule has 2 aromatic rings. The number of benzene rings is 1. The van der Waals surface area contributed by atoms with Crippen molar-refractivity contribution in [3.8, 4) is 0 Å². The lowest BCUT2D eigenvalue weighted by atomic mass is 10.0. The van der Waals surface area contributed by atoms with Crippen molar-refractivity contribution in [1.82, 2.24) is 14.7 Å². The molecule has 0 aliphatic carbocycles. The first-order chi connectivity index (χ1) is 10.6. The average molecular weight is 323 g/mol. The first-order valence-electron chi connectivity index (χ1n) is 7.61. The second-order valence-corrected chi connectivity index (χ2v) is 6.90. The van der Waals surface area contributed by atoms with Crippen LogP contribution in [0.25, 0.3) is 16.6 Å². The minimum absolute atomic E-state index is 0.103. The molecule has 0 amide bonds. The van der Waals surface area contributed by atoms with Crippen molar-refractivity contribution in [2.45, 2.75) is 38.9 Å². The molecule has 1 aromatic heterocycles. The molecular formula is C17H20F3N3. The summed E-state index contributed by atoms with van der Waals surface area (Å²) in [6, 6.07) is 3.81. The molecule has 0 saturated carbocycles. The molecule has 3 nitrogen and oxygen atoms in total. The lowest BCUT2D eigenvalue weighted by molar-refractivity contribution is -0.137. The molecule has 0 N–H and O–H groups in total. The van der Waals surface area contributed by atoms with Crippen LogP contribution in [0.4, 0.5) is 13.2 Å². The zero-order chi connectivity index (χ0) is 17.0. The van der Waals surface area contributed by atoms with E-state index in [0.29, 0.717) is 16.6 Å². The lowest BCUT2D eigenvalue weighted by Crippen LogP contribution is -2.38. The fourth-order valence-electron chi connectivity index (χ4n) is 3.11. The Hall–Kier alpha value is -1.98. The number of hydrogen-bond donors (Lipinski definition) is 0. The Morgan fingerprint density at radius 2 is 1.83 bits per heavy atom. The third kappa shape index (κ3) is 2.71. The summed E-state index contributed by atoms with van der Waals surface area (Å²) < 4.78 is 40.8. The van der Waals surface area contributed by atoms with E-state index in [0.717, 1.165) is 24.7 Å². The summed E-state index contributed by atoms with van der Waals surface area (Å²) in [5.41, 5.74) is 1.51. The van der Waals surface area contributed by atoms with E-state index in [1.807, 2.05) is 0 Å². The number of rotatable bonds is 1. The minimum Gasteiger partial charge on any atom is -0.365 e. The van der Waals surface area contributed by atoms with Crippen LogP contribution in [0.2, 0.25) is 0 Å². The number of halogens is 3. The van der Waals surface area contributed by atoms with Crippen LogP contribution in [0.5, 0.6) is 0 Å². The van der Waals surface area contributed by atoms with E-state index >= 15 is 0 Å². The van der Waals surface area contributed by atoms with Crippen LogP contribution in [0.3, 0.4) is 0 Å². The van der Waals surface area contributed by atoms with Gasteiger partial charge in [0, 0.05) is 24.5 Å². The Balaban J connectivity index is 2.18. The zero-order valence-corrected chi connectivity index (χ0v) is 13.7. The first kappa shape index (κ1) is 15.9. The Kier molecular flexibility index (Phi) is 3.46. The maximum Gasteiger partial charge on any atom is 0.416 e. The van der Waals surface area contributed by atoms with E-state index in [-0.39, 0.29) is 5.54 Å². The molecule has 0 fully saturated rings. The van der Waals surface area contributed by atoms with Gasteiger partial charge in [0.1, 0.15) is 5.69 Å². The average Bonchev–Trinajstić information content (AvgIpc) is 3.02. The van der Waals surface area contributed by atoms with Crippen molar-refractivity contribution in [1.29, 1.82) is 0 Å². The van der Waals surface area contributed by atoms with Crippen LogP contribution in [0.15, 0.2) is 24.3 Å². The molecule has 0 radical (unpaired) electrons. The van der Waals surface area contributed by atoms with Crippen molar-refractivity contribution in [2.75, 3.05) is 6.54 Å². The van der Waals surface area contributed by atoms with Crippen LogP contribution in [-0.4, -0.2) is 26.8 Å². The maximum atomic E-state index is 13.0. The van der Waals surface area contributed by atoms with Gasteiger partial charge in [0.05, 0.1) is 16.8 Å². The summed E-state index contributed by atoms with van der Waals surface area (Å²) in [4.78, 5) is 2.20. The zero-order valence-electron chi connectivity index (χ0n) is 13.7. The molecule has 1 aromatic carbocycles. The van der Waals surface area contributed by atoms with E-state index in [1.165, 1.54) is 12.1 Å². The van der Waals surface area contributed by atoms with Gasteiger partial charge in [-0.25, -0.2) is 0 Å². The largest absolute Gasteiger partial charge is 0.416 e. The Morgan fingerprint density at radius 3 is 2.43 bits per heavy atom. The van der Waals surface area contributed by atoms with Crippen LogP contribution < -0.4 is 0 Å². The molecule has 1 aliphatic heterocycles. The Labute approximate surface area is 133 Å². The number of aromatic nitrogens is 2. The van der Waals surface area contributed by atoms with E-state index in [2.05, 4.69) is 36.8 Å². The third-order valence-corrected chi connectivity index (χ3v) is 4.21. The molecular weight excluding hydrogens is 303 g/mol. The van der Waals surface area contributed by atoms with Crippen molar-refractivity contribution >= 4 is 16.6 Å². The summed E-state index contributed by atoms with van der Waals surface area (Å²) in [7, 11) is 1.76. The molecule has 0 unspecified atom stereocenters. The van der Waals surface area contributed by atoms with Crippen molar-refractivity contribution in [3.05, 3.63) is 35.5 Å². The number of aryl methyl sites for hydroxylation is 1. The number of hydrogen-bond acceptors (Lipinski definition) is 2. The second-order valence-electron chi connectivity index (χ2n) is 6.90. The topological polar surface area (TPSA) is 21.1 Å². The van der Waals surface area contributed by atoms with Gasteiger partial charge in [-0.2, -0.15) is 18.3 Å². The summed E-state index contributed by atoms with van der Waals surface area (Å²) in [5.74, 6) is 0. The highest BCUT2D eigenvalue weighted by atomic mass is 19.4. The molecule has 1 aliphatic rings. The van der Waals surface area contributed by atoms with Crippen LogP contribution in [0.1, 0.15) is 38.4 Å². The molecule has 2 heterocycles. The van der Waals surface area contributed by atoms with E-state index in [4.69, 9.17) is 0 Å². The molecule has 3 rings (SSSR count). The van der Waals surface area contributed by atoms with Crippen molar-refractivity contribution < 1.29 is 13.2 Å². The first-order valence-corrected chi connectivity index (χ1v) is 7.61. The fraction of sp³-hybridized carbons (Fsp3) is 0.471. The molecule has 6 heteroatoms. The van der Waals surface area contributed by atoms with Crippen LogP contribution in [0, 0.1) is 0 Å². The lowest BCUT2D eigenvalue weighted by Gasteiger charge is -2.35. The smallest absolute Gasteiger partial charge is 0.365 e. The highest BCUT2D eigenvalue weighted by Gasteiger charge is 2.33. The quantitative estimate of drug-likeness (QED) is 0.774. The van der Waals surface area contributed by atoms with Gasteiger partial charge in [0.15, 0.2) is 0 Å². The van der Waals surface area contributed by atoms with Crippen molar-refractivity contribution in [3.63, 3.8) is 0 Å². The Bertz CT molecular complexity index is 779. The molecule has 0 saturated heterocycles. The van der Waals surface area contributed by atoms with Gasteiger partial charge in [-0.1, -0.05) is 6.08 Å². The van der Waals surface area contributed by atoms with Crippen LogP contribution >= 0.6 is 0 Å². The van der Waals surface area contributed by atoms with Gasteiger partial charge < -0.3 is 4.90 Å². The van der Waals surface area contributed by atoms with Gasteiger partial charge in [-0.15, -0.1) is 0 Å². The highest BCUT2D eigenvalue weighted by molar-refractivity contribution is 5.91. The fourth-order valence-corrected chi connectivity index (χ4v) is 3.11. The van der Waals surface area contributed by atoms with Gasteiger partial charge in [-0.3, -0.25) is 4.68 Å². The monoisotopic (exact) mass is 323 g/mol. The summed E-state index contributed by atoms with van der Waals surface area (Å²) in [6.45, 7) is 7.14. The highest BCUT2D eigenvalue weighted by Crippen LogP contribution is 2.37. The second kappa shape index (κ2) is 5.01. The van der Waals surface area contributed by atoms with Gasteiger partial charge in [0.2, 0.25) is 0 Å². The Morgan fingerprint density at radius 1 is 1.13 bits per heavy atom. The van der Waals surface area contributed by atoms with Crippen LogP contribution in [-0.2, 0) is 13.2 Å². The molecule has 0 atom stereocenters. The van der Waals surface area contributed by atoms with Crippen molar-refractivity contribution in [2.24, 2.45) is 7.05 Å². The van der Waals surface area contributed by atoms with Gasteiger partial charge in [0.25, 0.3) is 0 Å². The molecule has 23 heavy (non-hydrogen) atoms. The normalized spacial score (nSPS) is 16.3. The standard InChI is InChI=1S/C17H20F3N3/c1-16(2,3)23-9-5-6-14(23)15-12-10-11(17(18,19)20)7-8-13(12)22(4)21-15/h6-8,10H,5,9H2,1-4H3. The predicted molar refractivity (Wildman–Crippen MR) is 84.8 cm³/mol.